The number of piperidine rings is 1. The van der Waals surface area contributed by atoms with Crippen LogP contribution >= 0.6 is 0 Å². The quantitative estimate of drug-likeness (QED) is 0.731. The summed E-state index contributed by atoms with van der Waals surface area (Å²) >= 11 is 0. The molecule has 1 saturated heterocycles. The summed E-state index contributed by atoms with van der Waals surface area (Å²) in [4.78, 5) is 13.1. The second-order valence-electron chi connectivity index (χ2n) is 5.70. The summed E-state index contributed by atoms with van der Waals surface area (Å²) in [6.45, 7) is 3.78. The summed E-state index contributed by atoms with van der Waals surface area (Å²) < 4.78 is 0. The lowest BCUT2D eigenvalue weighted by molar-refractivity contribution is -0.148. The molecule has 0 spiro atoms. The van der Waals surface area contributed by atoms with Crippen molar-refractivity contribution >= 4 is 5.97 Å². The number of carbonyl (C=O) groups is 1. The molecule has 0 amide bonds. The molecule has 1 heterocycles. The maximum Gasteiger partial charge on any atom is 0.323 e. The Kier molecular flexibility index (Phi) is 5.73. The highest BCUT2D eigenvalue weighted by molar-refractivity contribution is 5.74. The molecule has 0 aromatic heterocycles. The Morgan fingerprint density at radius 3 is 2.48 bits per heavy atom. The van der Waals surface area contributed by atoms with Crippen LogP contribution in [-0.2, 0) is 11.3 Å². The number of benzene rings is 1. The first-order valence-corrected chi connectivity index (χ1v) is 7.50. The summed E-state index contributed by atoms with van der Waals surface area (Å²) in [6.07, 6.45) is 0.962. The molecule has 0 bridgehead atoms. The summed E-state index contributed by atoms with van der Waals surface area (Å²) in [5, 5.41) is 22.3. The van der Waals surface area contributed by atoms with Gasteiger partial charge >= 0.3 is 5.97 Å². The van der Waals surface area contributed by atoms with E-state index in [9.17, 15) is 15.0 Å². The SMILES string of the molecule is CC(O)C(C(=O)O)N1CCC(NCc2ccccc2)CC1. The molecule has 2 atom stereocenters. The molecule has 5 heteroatoms. The second-order valence-corrected chi connectivity index (χ2v) is 5.70. The van der Waals surface area contributed by atoms with Gasteiger partial charge in [-0.15, -0.1) is 0 Å². The van der Waals surface area contributed by atoms with Crippen molar-refractivity contribution in [3.8, 4) is 0 Å². The van der Waals surface area contributed by atoms with Crippen molar-refractivity contribution in [2.75, 3.05) is 13.1 Å². The van der Waals surface area contributed by atoms with Gasteiger partial charge in [0.1, 0.15) is 6.04 Å². The first-order valence-electron chi connectivity index (χ1n) is 7.50. The second kappa shape index (κ2) is 7.54. The number of hydrogen-bond donors (Lipinski definition) is 3. The maximum atomic E-state index is 11.2. The van der Waals surface area contributed by atoms with Gasteiger partial charge in [-0.25, -0.2) is 0 Å². The number of aliphatic hydroxyl groups is 1. The van der Waals surface area contributed by atoms with E-state index >= 15 is 0 Å². The van der Waals surface area contributed by atoms with Gasteiger partial charge < -0.3 is 15.5 Å². The van der Waals surface area contributed by atoms with Crippen LogP contribution in [0, 0.1) is 0 Å². The van der Waals surface area contributed by atoms with Crippen LogP contribution in [0.1, 0.15) is 25.3 Å². The lowest BCUT2D eigenvalue weighted by atomic mass is 10.0. The number of nitrogens with zero attached hydrogens (tertiary/aromatic N) is 1. The Morgan fingerprint density at radius 2 is 1.95 bits per heavy atom. The smallest absolute Gasteiger partial charge is 0.323 e. The number of aliphatic hydroxyl groups excluding tert-OH is 1. The highest BCUT2D eigenvalue weighted by Crippen LogP contribution is 2.16. The van der Waals surface area contributed by atoms with Crippen molar-refractivity contribution in [1.29, 1.82) is 0 Å². The number of rotatable bonds is 6. The molecule has 2 rings (SSSR count). The third-order valence-corrected chi connectivity index (χ3v) is 4.07. The van der Waals surface area contributed by atoms with Crippen molar-refractivity contribution in [3.63, 3.8) is 0 Å². The fourth-order valence-corrected chi connectivity index (χ4v) is 2.91. The first-order chi connectivity index (χ1) is 10.1. The molecule has 5 nitrogen and oxygen atoms in total. The molecule has 116 valence electrons. The highest BCUT2D eigenvalue weighted by atomic mass is 16.4. The molecule has 1 aliphatic heterocycles. The van der Waals surface area contributed by atoms with Gasteiger partial charge in [-0.1, -0.05) is 30.3 Å². The maximum absolute atomic E-state index is 11.2. The minimum Gasteiger partial charge on any atom is -0.480 e. The van der Waals surface area contributed by atoms with Crippen LogP contribution in [0.4, 0.5) is 0 Å². The van der Waals surface area contributed by atoms with E-state index in [4.69, 9.17) is 0 Å². The van der Waals surface area contributed by atoms with Crippen LogP contribution in [0.15, 0.2) is 30.3 Å². The molecule has 1 aromatic rings. The number of hydrogen-bond acceptors (Lipinski definition) is 4. The fourth-order valence-electron chi connectivity index (χ4n) is 2.91. The molecule has 21 heavy (non-hydrogen) atoms. The average Bonchev–Trinajstić information content (AvgIpc) is 2.47. The first kappa shape index (κ1) is 15.9. The Bertz CT molecular complexity index is 442. The summed E-state index contributed by atoms with van der Waals surface area (Å²) in [5.41, 5.74) is 1.26. The number of carboxylic acids is 1. The average molecular weight is 292 g/mol. The molecule has 1 fully saturated rings. The van der Waals surface area contributed by atoms with Crippen molar-refractivity contribution in [1.82, 2.24) is 10.2 Å². The van der Waals surface area contributed by atoms with Gasteiger partial charge in [-0.3, -0.25) is 9.69 Å². The zero-order valence-corrected chi connectivity index (χ0v) is 12.4. The lowest BCUT2D eigenvalue weighted by Crippen LogP contribution is -2.53. The van der Waals surface area contributed by atoms with Crippen molar-refractivity contribution < 1.29 is 15.0 Å². The van der Waals surface area contributed by atoms with E-state index in [0.29, 0.717) is 19.1 Å². The Hall–Kier alpha value is -1.43. The van der Waals surface area contributed by atoms with E-state index in [1.807, 2.05) is 23.1 Å². The van der Waals surface area contributed by atoms with Crippen molar-refractivity contribution in [3.05, 3.63) is 35.9 Å². The van der Waals surface area contributed by atoms with Gasteiger partial charge in [0.2, 0.25) is 0 Å². The van der Waals surface area contributed by atoms with Crippen LogP contribution in [-0.4, -0.2) is 52.4 Å². The lowest BCUT2D eigenvalue weighted by Gasteiger charge is -2.37. The van der Waals surface area contributed by atoms with Gasteiger partial charge in [0, 0.05) is 25.7 Å². The predicted octanol–water partition coefficient (Wildman–Crippen LogP) is 1.07. The minimum atomic E-state index is -0.944. The van der Waals surface area contributed by atoms with E-state index in [-0.39, 0.29) is 0 Å². The van der Waals surface area contributed by atoms with Crippen LogP contribution in [0.25, 0.3) is 0 Å². The zero-order chi connectivity index (χ0) is 15.2. The third-order valence-electron chi connectivity index (χ3n) is 4.07. The zero-order valence-electron chi connectivity index (χ0n) is 12.4. The van der Waals surface area contributed by atoms with Gasteiger partial charge in [0.25, 0.3) is 0 Å². The molecule has 0 aliphatic carbocycles. The summed E-state index contributed by atoms with van der Waals surface area (Å²) in [6, 6.07) is 9.86. The molecule has 0 radical (unpaired) electrons. The van der Waals surface area contributed by atoms with E-state index in [1.165, 1.54) is 5.56 Å². The molecule has 0 saturated carbocycles. The monoisotopic (exact) mass is 292 g/mol. The largest absolute Gasteiger partial charge is 0.480 e. The normalized spacial score (nSPS) is 20.1. The van der Waals surface area contributed by atoms with Crippen molar-refractivity contribution in [2.24, 2.45) is 0 Å². The predicted molar refractivity (Wildman–Crippen MR) is 81.0 cm³/mol. The Morgan fingerprint density at radius 1 is 1.33 bits per heavy atom. The molecule has 1 aromatic carbocycles. The highest BCUT2D eigenvalue weighted by Gasteiger charge is 2.32. The number of carboxylic acid groups (broad SMARTS) is 1. The van der Waals surface area contributed by atoms with Gasteiger partial charge in [-0.2, -0.15) is 0 Å². The van der Waals surface area contributed by atoms with E-state index in [0.717, 1.165) is 19.4 Å². The van der Waals surface area contributed by atoms with Crippen molar-refractivity contribution in [2.45, 2.75) is 44.5 Å². The topological polar surface area (TPSA) is 72.8 Å². The van der Waals surface area contributed by atoms with Crippen LogP contribution < -0.4 is 5.32 Å². The number of nitrogens with one attached hydrogen (secondary N) is 1. The number of aliphatic carboxylic acids is 1. The van der Waals surface area contributed by atoms with E-state index in [2.05, 4.69) is 17.4 Å². The third kappa shape index (κ3) is 4.52. The summed E-state index contributed by atoms with van der Waals surface area (Å²) in [5.74, 6) is -0.944. The van der Waals surface area contributed by atoms with E-state index < -0.39 is 18.1 Å². The molecule has 2 unspecified atom stereocenters. The molecule has 3 N–H and O–H groups in total. The van der Waals surface area contributed by atoms with Gasteiger partial charge in [0.05, 0.1) is 6.10 Å². The van der Waals surface area contributed by atoms with Crippen LogP contribution in [0.2, 0.25) is 0 Å². The number of likely N-dealkylation sites (tertiary alicyclic amines) is 1. The van der Waals surface area contributed by atoms with Gasteiger partial charge in [0.15, 0.2) is 0 Å². The fraction of sp³-hybridized carbons (Fsp3) is 0.562. The van der Waals surface area contributed by atoms with Crippen LogP contribution in [0.3, 0.4) is 0 Å². The molecular formula is C16H24N2O3. The molecular weight excluding hydrogens is 268 g/mol. The molecule has 1 aliphatic rings. The van der Waals surface area contributed by atoms with Gasteiger partial charge in [-0.05, 0) is 25.3 Å². The Balaban J connectivity index is 1.79. The van der Waals surface area contributed by atoms with E-state index in [1.54, 1.807) is 6.92 Å². The summed E-state index contributed by atoms with van der Waals surface area (Å²) in [7, 11) is 0. The van der Waals surface area contributed by atoms with Crippen LogP contribution in [0.5, 0.6) is 0 Å². The minimum absolute atomic E-state index is 0.407. The Labute approximate surface area is 125 Å². The standard InChI is InChI=1S/C16H24N2O3/c1-12(19)15(16(20)21)18-9-7-14(8-10-18)17-11-13-5-3-2-4-6-13/h2-6,12,14-15,17,19H,7-11H2,1H3,(H,20,21).